The third-order valence-corrected chi connectivity index (χ3v) is 2.62. The number of hydrogen-bond acceptors (Lipinski definition) is 3. The van der Waals surface area contributed by atoms with Crippen molar-refractivity contribution in [3.05, 3.63) is 17.0 Å². The number of fused-ring (bicyclic) bond motifs is 1. The maximum absolute atomic E-state index is 9.72. The molecular formula is C9H15N3O. The van der Waals surface area contributed by atoms with E-state index in [-0.39, 0.29) is 6.10 Å². The minimum Gasteiger partial charge on any atom is -0.388 e. The Morgan fingerprint density at radius 2 is 2.46 bits per heavy atom. The number of nitrogens with zero attached hydrogens (tertiary/aromatic N) is 2. The Morgan fingerprint density at radius 1 is 1.69 bits per heavy atom. The normalized spacial score (nSPS) is 20.7. The Hall–Kier alpha value is -0.870. The van der Waals surface area contributed by atoms with E-state index in [0.717, 1.165) is 30.6 Å². The van der Waals surface area contributed by atoms with Crippen LogP contribution in [-0.2, 0) is 20.0 Å². The summed E-state index contributed by atoms with van der Waals surface area (Å²) in [5.74, 6) is 0. The van der Waals surface area contributed by atoms with E-state index in [0.29, 0.717) is 0 Å². The van der Waals surface area contributed by atoms with Crippen molar-refractivity contribution in [1.29, 1.82) is 0 Å². The second-order valence-corrected chi connectivity index (χ2v) is 3.52. The molecule has 1 aromatic heterocycles. The van der Waals surface area contributed by atoms with Crippen molar-refractivity contribution in [2.75, 3.05) is 7.05 Å². The van der Waals surface area contributed by atoms with Crippen LogP contribution in [0.25, 0.3) is 0 Å². The van der Waals surface area contributed by atoms with Gasteiger partial charge in [-0.1, -0.05) is 0 Å². The quantitative estimate of drug-likeness (QED) is 0.681. The van der Waals surface area contributed by atoms with Crippen LogP contribution >= 0.6 is 0 Å². The summed E-state index contributed by atoms with van der Waals surface area (Å²) in [7, 11) is 3.83. The molecule has 0 saturated carbocycles. The molecule has 0 amide bonds. The first-order chi connectivity index (χ1) is 6.24. The van der Waals surface area contributed by atoms with Gasteiger partial charge in [0.25, 0.3) is 0 Å². The van der Waals surface area contributed by atoms with Crippen LogP contribution in [0.5, 0.6) is 0 Å². The predicted octanol–water partition coefficient (Wildman–Crippen LogP) is 0.119. The van der Waals surface area contributed by atoms with Gasteiger partial charge in [-0.15, -0.1) is 0 Å². The van der Waals surface area contributed by atoms with Crippen molar-refractivity contribution < 1.29 is 5.11 Å². The molecule has 0 spiro atoms. The number of aliphatic hydroxyl groups is 1. The molecule has 1 aliphatic rings. The Labute approximate surface area is 77.6 Å². The van der Waals surface area contributed by atoms with Crippen LogP contribution < -0.4 is 5.32 Å². The fourth-order valence-corrected chi connectivity index (χ4v) is 2.03. The Balaban J connectivity index is 2.42. The van der Waals surface area contributed by atoms with Crippen molar-refractivity contribution in [3.8, 4) is 0 Å². The van der Waals surface area contributed by atoms with Gasteiger partial charge in [0.05, 0.1) is 11.8 Å². The molecule has 1 atom stereocenters. The van der Waals surface area contributed by atoms with Gasteiger partial charge in [-0.2, -0.15) is 5.10 Å². The monoisotopic (exact) mass is 181 g/mol. The zero-order valence-corrected chi connectivity index (χ0v) is 8.04. The molecule has 0 aliphatic heterocycles. The van der Waals surface area contributed by atoms with Gasteiger partial charge in [-0.05, 0) is 19.9 Å². The smallest absolute Gasteiger partial charge is 0.0830 e. The first kappa shape index (κ1) is 8.72. The molecule has 1 unspecified atom stereocenters. The third-order valence-electron chi connectivity index (χ3n) is 2.62. The van der Waals surface area contributed by atoms with E-state index >= 15 is 0 Å². The molecule has 0 radical (unpaired) electrons. The lowest BCUT2D eigenvalue weighted by Gasteiger charge is -2.02. The number of rotatable bonds is 2. The van der Waals surface area contributed by atoms with Crippen LogP contribution in [0.15, 0.2) is 0 Å². The fraction of sp³-hybridized carbons (Fsp3) is 0.667. The average molecular weight is 181 g/mol. The van der Waals surface area contributed by atoms with E-state index in [1.54, 1.807) is 0 Å². The lowest BCUT2D eigenvalue weighted by Crippen LogP contribution is -2.09. The SMILES string of the molecule is CNCc1nn(C)c2c1C(O)CC2. The lowest BCUT2D eigenvalue weighted by atomic mass is 10.1. The molecule has 4 nitrogen and oxygen atoms in total. The maximum Gasteiger partial charge on any atom is 0.0830 e. The molecule has 13 heavy (non-hydrogen) atoms. The molecule has 0 aromatic carbocycles. The van der Waals surface area contributed by atoms with Crippen molar-refractivity contribution in [2.24, 2.45) is 7.05 Å². The van der Waals surface area contributed by atoms with Crippen LogP contribution in [0, 0.1) is 0 Å². The van der Waals surface area contributed by atoms with E-state index in [1.807, 2.05) is 18.8 Å². The summed E-state index contributed by atoms with van der Waals surface area (Å²) in [5, 5.41) is 17.1. The first-order valence-electron chi connectivity index (χ1n) is 4.61. The number of nitrogens with one attached hydrogen (secondary N) is 1. The summed E-state index contributed by atoms with van der Waals surface area (Å²) in [6, 6.07) is 0. The van der Waals surface area contributed by atoms with Gasteiger partial charge in [0.1, 0.15) is 0 Å². The largest absolute Gasteiger partial charge is 0.388 e. The molecule has 0 bridgehead atoms. The topological polar surface area (TPSA) is 50.1 Å². The molecule has 2 N–H and O–H groups in total. The number of hydrogen-bond donors (Lipinski definition) is 2. The standard InChI is InChI=1S/C9H15N3O/c1-10-5-6-9-7(12(2)11-6)3-4-8(9)13/h8,10,13H,3-5H2,1-2H3. The molecule has 1 aliphatic carbocycles. The highest BCUT2D eigenvalue weighted by Crippen LogP contribution is 2.33. The van der Waals surface area contributed by atoms with Crippen molar-refractivity contribution in [1.82, 2.24) is 15.1 Å². The van der Waals surface area contributed by atoms with Gasteiger partial charge < -0.3 is 10.4 Å². The van der Waals surface area contributed by atoms with Gasteiger partial charge in [-0.25, -0.2) is 0 Å². The predicted molar refractivity (Wildman–Crippen MR) is 49.3 cm³/mol. The van der Waals surface area contributed by atoms with Crippen LogP contribution in [0.2, 0.25) is 0 Å². The summed E-state index contributed by atoms with van der Waals surface area (Å²) in [6.07, 6.45) is 1.49. The van der Waals surface area contributed by atoms with Crippen LogP contribution in [0.3, 0.4) is 0 Å². The van der Waals surface area contributed by atoms with Crippen LogP contribution in [-0.4, -0.2) is 21.9 Å². The van der Waals surface area contributed by atoms with Gasteiger partial charge in [0, 0.05) is 24.8 Å². The molecule has 1 heterocycles. The molecule has 2 rings (SSSR count). The second kappa shape index (κ2) is 3.12. The van der Waals surface area contributed by atoms with E-state index in [2.05, 4.69) is 10.4 Å². The summed E-state index contributed by atoms with van der Waals surface area (Å²) in [6.45, 7) is 0.736. The minimum absolute atomic E-state index is 0.299. The number of aromatic nitrogens is 2. The van der Waals surface area contributed by atoms with Crippen molar-refractivity contribution in [2.45, 2.75) is 25.5 Å². The van der Waals surface area contributed by atoms with Crippen molar-refractivity contribution >= 4 is 0 Å². The highest BCUT2D eigenvalue weighted by molar-refractivity contribution is 5.32. The molecule has 1 aromatic rings. The zero-order chi connectivity index (χ0) is 9.42. The van der Waals surface area contributed by atoms with Gasteiger partial charge in [0.2, 0.25) is 0 Å². The lowest BCUT2D eigenvalue weighted by molar-refractivity contribution is 0.178. The third kappa shape index (κ3) is 1.26. The minimum atomic E-state index is -0.299. The summed E-state index contributed by atoms with van der Waals surface area (Å²) >= 11 is 0. The molecule has 0 fully saturated rings. The molecule has 4 heteroatoms. The molecular weight excluding hydrogens is 166 g/mol. The average Bonchev–Trinajstić information content (AvgIpc) is 2.58. The second-order valence-electron chi connectivity index (χ2n) is 3.52. The van der Waals surface area contributed by atoms with Gasteiger partial charge in [-0.3, -0.25) is 4.68 Å². The first-order valence-corrected chi connectivity index (χ1v) is 4.61. The van der Waals surface area contributed by atoms with Crippen LogP contribution in [0.1, 0.15) is 29.5 Å². The van der Waals surface area contributed by atoms with Crippen molar-refractivity contribution in [3.63, 3.8) is 0 Å². The fourth-order valence-electron chi connectivity index (χ4n) is 2.03. The number of aryl methyl sites for hydroxylation is 1. The van der Waals surface area contributed by atoms with Gasteiger partial charge in [0.15, 0.2) is 0 Å². The maximum atomic E-state index is 9.72. The van der Waals surface area contributed by atoms with Crippen LogP contribution in [0.4, 0.5) is 0 Å². The Morgan fingerprint density at radius 3 is 3.15 bits per heavy atom. The Bertz CT molecular complexity index is 319. The van der Waals surface area contributed by atoms with Gasteiger partial charge >= 0.3 is 0 Å². The van der Waals surface area contributed by atoms with E-state index in [4.69, 9.17) is 0 Å². The Kier molecular flexibility index (Phi) is 2.09. The van der Waals surface area contributed by atoms with E-state index < -0.39 is 0 Å². The molecule has 0 saturated heterocycles. The van der Waals surface area contributed by atoms with E-state index in [1.165, 1.54) is 5.69 Å². The summed E-state index contributed by atoms with van der Waals surface area (Å²) < 4.78 is 1.89. The number of aliphatic hydroxyl groups excluding tert-OH is 1. The molecule has 72 valence electrons. The summed E-state index contributed by atoms with van der Waals surface area (Å²) in [5.41, 5.74) is 3.24. The highest BCUT2D eigenvalue weighted by atomic mass is 16.3. The zero-order valence-electron chi connectivity index (χ0n) is 8.04. The highest BCUT2D eigenvalue weighted by Gasteiger charge is 2.27. The summed E-state index contributed by atoms with van der Waals surface area (Å²) in [4.78, 5) is 0. The van der Waals surface area contributed by atoms with E-state index in [9.17, 15) is 5.11 Å².